The van der Waals surface area contributed by atoms with E-state index in [2.05, 4.69) is 29.8 Å². The highest BCUT2D eigenvalue weighted by atomic mass is 16.5. The molecule has 29 heavy (non-hydrogen) atoms. The summed E-state index contributed by atoms with van der Waals surface area (Å²) < 4.78 is 11.8. The molecular formula is C23H32N2O4. The zero-order valence-corrected chi connectivity index (χ0v) is 17.7. The molecule has 6 heteroatoms. The Morgan fingerprint density at radius 3 is 2.52 bits per heavy atom. The van der Waals surface area contributed by atoms with Crippen LogP contribution in [0.3, 0.4) is 0 Å². The van der Waals surface area contributed by atoms with E-state index in [0.29, 0.717) is 23.1 Å². The maximum Gasteiger partial charge on any atom is 0.336 e. The maximum absolute atomic E-state index is 12.2. The van der Waals surface area contributed by atoms with Gasteiger partial charge in [0, 0.05) is 48.9 Å². The Bertz CT molecular complexity index is 877. The summed E-state index contributed by atoms with van der Waals surface area (Å²) in [5.41, 5.74) is 2.89. The first-order valence-corrected chi connectivity index (χ1v) is 10.8. The molecule has 3 heterocycles. The number of benzene rings is 1. The number of fused-ring (bicyclic) bond motifs is 1. The smallest absolute Gasteiger partial charge is 0.336 e. The van der Waals surface area contributed by atoms with E-state index in [9.17, 15) is 9.90 Å². The van der Waals surface area contributed by atoms with Crippen molar-refractivity contribution in [3.05, 3.63) is 29.0 Å². The van der Waals surface area contributed by atoms with Gasteiger partial charge in [0.25, 0.3) is 0 Å². The van der Waals surface area contributed by atoms with Crippen molar-refractivity contribution < 1.29 is 19.1 Å². The van der Waals surface area contributed by atoms with Crippen LogP contribution in [0.4, 0.5) is 5.69 Å². The molecule has 1 aromatic heterocycles. The van der Waals surface area contributed by atoms with E-state index in [1.54, 1.807) is 0 Å². The molecule has 2 saturated heterocycles. The number of piperidine rings is 1. The highest BCUT2D eigenvalue weighted by Crippen LogP contribution is 2.38. The van der Waals surface area contributed by atoms with Gasteiger partial charge in [-0.15, -0.1) is 0 Å². The fourth-order valence-corrected chi connectivity index (χ4v) is 4.98. The van der Waals surface area contributed by atoms with E-state index < -0.39 is 5.97 Å². The fraction of sp³-hybridized carbons (Fsp3) is 0.609. The number of nitrogens with zero attached hydrogens (tertiary/aromatic N) is 2. The predicted molar refractivity (Wildman–Crippen MR) is 114 cm³/mol. The minimum absolute atomic E-state index is 0.363. The van der Waals surface area contributed by atoms with Gasteiger partial charge in [0.05, 0.1) is 5.56 Å². The highest BCUT2D eigenvalue weighted by molar-refractivity contribution is 6.06. The zero-order valence-electron chi connectivity index (χ0n) is 17.7. The Morgan fingerprint density at radius 1 is 1.21 bits per heavy atom. The Hall–Kier alpha value is -2.05. The predicted octanol–water partition coefficient (Wildman–Crippen LogP) is 4.25. The lowest BCUT2D eigenvalue weighted by Crippen LogP contribution is -2.40. The molecule has 0 saturated carbocycles. The lowest BCUT2D eigenvalue weighted by atomic mass is 9.93. The minimum Gasteiger partial charge on any atom is -0.478 e. The van der Waals surface area contributed by atoms with Crippen LogP contribution in [0.25, 0.3) is 11.0 Å². The molecule has 0 radical (unpaired) electrons. The Balaban J connectivity index is 1.77. The third-order valence-electron chi connectivity index (χ3n) is 6.69. The van der Waals surface area contributed by atoms with Gasteiger partial charge < -0.3 is 24.1 Å². The van der Waals surface area contributed by atoms with Crippen LogP contribution >= 0.6 is 0 Å². The topological polar surface area (TPSA) is 66.2 Å². The summed E-state index contributed by atoms with van der Waals surface area (Å²) in [6.45, 7) is 8.51. The van der Waals surface area contributed by atoms with Gasteiger partial charge in [0.2, 0.25) is 0 Å². The van der Waals surface area contributed by atoms with Gasteiger partial charge in [-0.2, -0.15) is 0 Å². The number of aromatic carboxylic acids is 1. The fourth-order valence-electron chi connectivity index (χ4n) is 4.98. The van der Waals surface area contributed by atoms with Crippen LogP contribution in [0.2, 0.25) is 0 Å². The number of carboxylic acids is 1. The van der Waals surface area contributed by atoms with Crippen LogP contribution in [0.5, 0.6) is 0 Å². The molecule has 2 aliphatic heterocycles. The molecule has 0 atom stereocenters. The monoisotopic (exact) mass is 400 g/mol. The van der Waals surface area contributed by atoms with Gasteiger partial charge in [0.15, 0.2) is 0 Å². The van der Waals surface area contributed by atoms with Crippen molar-refractivity contribution in [2.24, 2.45) is 0 Å². The average molecular weight is 401 g/mol. The number of anilines is 1. The standard InChI is InChI=1S/C23H32N2O4/c1-4-25(17-7-11-28-12-8-17)19-14-21-18(22(15(19)2)23(26)27)13-20(29-21)16-5-9-24(3)10-6-16/h13-14,16-17H,4-12H2,1-3H3,(H,26,27). The molecule has 1 aromatic carbocycles. The Morgan fingerprint density at radius 2 is 1.90 bits per heavy atom. The van der Waals surface area contributed by atoms with Crippen molar-refractivity contribution in [1.29, 1.82) is 0 Å². The van der Waals surface area contributed by atoms with E-state index >= 15 is 0 Å². The third-order valence-corrected chi connectivity index (χ3v) is 6.69. The molecule has 0 bridgehead atoms. The second kappa shape index (κ2) is 8.36. The summed E-state index contributed by atoms with van der Waals surface area (Å²) in [7, 11) is 2.14. The number of ether oxygens (including phenoxy) is 1. The molecule has 2 fully saturated rings. The summed E-state index contributed by atoms with van der Waals surface area (Å²) in [6, 6.07) is 4.42. The molecule has 2 aliphatic rings. The molecule has 0 amide bonds. The number of hydrogen-bond acceptors (Lipinski definition) is 5. The number of furan rings is 1. The summed E-state index contributed by atoms with van der Waals surface area (Å²) in [5.74, 6) is 0.413. The van der Waals surface area contributed by atoms with Crippen molar-refractivity contribution in [2.75, 3.05) is 44.8 Å². The van der Waals surface area contributed by atoms with Crippen molar-refractivity contribution >= 4 is 22.6 Å². The van der Waals surface area contributed by atoms with Crippen molar-refractivity contribution in [3.63, 3.8) is 0 Å². The maximum atomic E-state index is 12.2. The summed E-state index contributed by atoms with van der Waals surface area (Å²) in [6.07, 6.45) is 4.03. The van der Waals surface area contributed by atoms with Crippen molar-refractivity contribution in [1.82, 2.24) is 4.90 Å². The number of rotatable bonds is 5. The van der Waals surface area contributed by atoms with Gasteiger partial charge in [-0.25, -0.2) is 4.79 Å². The van der Waals surface area contributed by atoms with Crippen molar-refractivity contribution in [2.45, 2.75) is 51.5 Å². The second-order valence-electron chi connectivity index (χ2n) is 8.47. The van der Waals surface area contributed by atoms with Crippen LogP contribution in [-0.2, 0) is 4.74 Å². The van der Waals surface area contributed by atoms with Gasteiger partial charge in [0.1, 0.15) is 11.3 Å². The SMILES string of the molecule is CCN(c1cc2oc(C3CCN(C)CC3)cc2c(C(=O)O)c1C)C1CCOCC1. The van der Waals surface area contributed by atoms with Crippen LogP contribution in [-0.4, -0.2) is 61.9 Å². The average Bonchev–Trinajstić information content (AvgIpc) is 3.13. The Labute approximate surface area is 172 Å². The molecule has 1 N–H and O–H groups in total. The van der Waals surface area contributed by atoms with E-state index in [0.717, 1.165) is 80.9 Å². The van der Waals surface area contributed by atoms with E-state index in [4.69, 9.17) is 9.15 Å². The zero-order chi connectivity index (χ0) is 20.5. The molecule has 6 nitrogen and oxygen atoms in total. The molecule has 0 spiro atoms. The number of likely N-dealkylation sites (tertiary alicyclic amines) is 1. The first-order valence-electron chi connectivity index (χ1n) is 10.8. The van der Waals surface area contributed by atoms with Gasteiger partial charge in [-0.3, -0.25) is 0 Å². The summed E-state index contributed by atoms with van der Waals surface area (Å²) in [4.78, 5) is 16.9. The van der Waals surface area contributed by atoms with E-state index in [-0.39, 0.29) is 0 Å². The molecule has 2 aromatic rings. The van der Waals surface area contributed by atoms with E-state index in [1.807, 2.05) is 13.0 Å². The molecular weight excluding hydrogens is 368 g/mol. The van der Waals surface area contributed by atoms with Gasteiger partial charge in [-0.1, -0.05) is 0 Å². The number of hydrogen-bond donors (Lipinski definition) is 1. The minimum atomic E-state index is -0.881. The quantitative estimate of drug-likeness (QED) is 0.809. The van der Waals surface area contributed by atoms with E-state index in [1.165, 1.54) is 0 Å². The lowest BCUT2D eigenvalue weighted by molar-refractivity contribution is 0.0698. The second-order valence-corrected chi connectivity index (χ2v) is 8.47. The van der Waals surface area contributed by atoms with Crippen LogP contribution < -0.4 is 4.90 Å². The Kier molecular flexibility index (Phi) is 5.83. The highest BCUT2D eigenvalue weighted by Gasteiger charge is 2.28. The number of carboxylic acid groups (broad SMARTS) is 1. The van der Waals surface area contributed by atoms with Crippen LogP contribution in [0.1, 0.15) is 60.2 Å². The molecule has 0 aliphatic carbocycles. The lowest BCUT2D eigenvalue weighted by Gasteiger charge is -2.36. The summed E-state index contributed by atoms with van der Waals surface area (Å²) in [5, 5.41) is 10.8. The van der Waals surface area contributed by atoms with Crippen LogP contribution in [0, 0.1) is 6.92 Å². The largest absolute Gasteiger partial charge is 0.478 e. The number of carbonyl (C=O) groups is 1. The third kappa shape index (κ3) is 3.88. The molecule has 4 rings (SSSR count). The normalized spacial score (nSPS) is 19.7. The van der Waals surface area contributed by atoms with Crippen LogP contribution in [0.15, 0.2) is 16.5 Å². The summed E-state index contributed by atoms with van der Waals surface area (Å²) >= 11 is 0. The molecule has 0 unspecified atom stereocenters. The first kappa shape index (κ1) is 20.2. The molecule has 158 valence electrons. The van der Waals surface area contributed by atoms with Gasteiger partial charge >= 0.3 is 5.97 Å². The van der Waals surface area contributed by atoms with Crippen molar-refractivity contribution in [3.8, 4) is 0 Å². The first-order chi connectivity index (χ1) is 14.0. The van der Waals surface area contributed by atoms with Gasteiger partial charge in [-0.05, 0) is 71.3 Å².